The second-order valence-electron chi connectivity index (χ2n) is 7.38. The minimum absolute atomic E-state index is 0.00845. The number of pyridine rings is 1. The van der Waals surface area contributed by atoms with E-state index in [0.29, 0.717) is 36.2 Å². The van der Waals surface area contributed by atoms with Crippen molar-refractivity contribution < 1.29 is 26.8 Å². The largest absolute Gasteiger partial charge is 0.573 e. The fourth-order valence-electron chi connectivity index (χ4n) is 3.45. The van der Waals surface area contributed by atoms with Crippen molar-refractivity contribution in [3.63, 3.8) is 0 Å². The van der Waals surface area contributed by atoms with Crippen molar-refractivity contribution in [3.05, 3.63) is 48.2 Å². The molecule has 0 unspecified atom stereocenters. The topological polar surface area (TPSA) is 126 Å². The maximum Gasteiger partial charge on any atom is 0.573 e. The van der Waals surface area contributed by atoms with Crippen LogP contribution in [0, 0.1) is 11.2 Å². The lowest BCUT2D eigenvalue weighted by atomic mass is 9.98. The number of halogens is 4. The van der Waals surface area contributed by atoms with Crippen LogP contribution in [-0.2, 0) is 0 Å². The molecule has 0 bridgehead atoms. The van der Waals surface area contributed by atoms with E-state index in [2.05, 4.69) is 25.2 Å². The fraction of sp³-hybridized carbons (Fsp3) is 0.300. The number of alkyl halides is 3. The Morgan fingerprint density at radius 2 is 2.09 bits per heavy atom. The van der Waals surface area contributed by atoms with Gasteiger partial charge in [-0.3, -0.25) is 5.41 Å². The summed E-state index contributed by atoms with van der Waals surface area (Å²) in [6.07, 6.45) is -1.80. The molecule has 3 heterocycles. The standard InChI is InChI=1S/C20H19F4N7O2/c21-14-8-13(4-5-15(14)32-20(22,23)24)28-16-6-3-11(9-27-16)17-29-18(33-30-17)12-2-1-7-31(10-12)19(25)26/h3-6,8-9,12H,1-2,7,10H2,(H3,25,26)(H,27,28)/t12-/m1/s1. The minimum Gasteiger partial charge on any atom is -0.403 e. The minimum atomic E-state index is -4.98. The van der Waals surface area contributed by atoms with Gasteiger partial charge in [-0.15, -0.1) is 13.2 Å². The first-order chi connectivity index (χ1) is 15.7. The number of likely N-dealkylation sites (tertiary alicyclic amines) is 1. The molecule has 0 amide bonds. The molecule has 4 N–H and O–H groups in total. The lowest BCUT2D eigenvalue weighted by molar-refractivity contribution is -0.275. The predicted octanol–water partition coefficient (Wildman–Crippen LogP) is 3.99. The van der Waals surface area contributed by atoms with E-state index in [9.17, 15) is 17.6 Å². The van der Waals surface area contributed by atoms with Crippen molar-refractivity contribution >= 4 is 17.5 Å². The summed E-state index contributed by atoms with van der Waals surface area (Å²) in [5.74, 6) is -0.992. The van der Waals surface area contributed by atoms with Gasteiger partial charge >= 0.3 is 6.36 Å². The highest BCUT2D eigenvalue weighted by molar-refractivity contribution is 5.74. The van der Waals surface area contributed by atoms with E-state index in [4.69, 9.17) is 15.7 Å². The molecule has 1 aliphatic rings. The Balaban J connectivity index is 1.42. The van der Waals surface area contributed by atoms with Crippen LogP contribution in [0.1, 0.15) is 24.7 Å². The summed E-state index contributed by atoms with van der Waals surface area (Å²) in [6.45, 7) is 1.24. The molecule has 1 aromatic carbocycles. The number of rotatable bonds is 5. The molecule has 1 fully saturated rings. The quantitative estimate of drug-likeness (QED) is 0.293. The smallest absolute Gasteiger partial charge is 0.403 e. The van der Waals surface area contributed by atoms with Gasteiger partial charge in [0.2, 0.25) is 11.7 Å². The van der Waals surface area contributed by atoms with E-state index in [1.54, 1.807) is 17.0 Å². The number of nitrogens with zero attached hydrogens (tertiary/aromatic N) is 4. The SMILES string of the molecule is N=C(N)N1CCC[C@@H](c2nc(-c3ccc(Nc4ccc(OC(F)(F)F)c(F)c4)nc3)no2)C1. The Morgan fingerprint density at radius 1 is 1.27 bits per heavy atom. The molecule has 1 aliphatic heterocycles. The van der Waals surface area contributed by atoms with E-state index in [0.717, 1.165) is 25.0 Å². The van der Waals surface area contributed by atoms with Crippen LogP contribution in [0.5, 0.6) is 5.75 Å². The van der Waals surface area contributed by atoms with Crippen molar-refractivity contribution in [3.8, 4) is 17.1 Å². The second kappa shape index (κ2) is 8.92. The lowest BCUT2D eigenvalue weighted by Gasteiger charge is -2.30. The Bertz CT molecular complexity index is 1130. The number of hydrogen-bond donors (Lipinski definition) is 3. The van der Waals surface area contributed by atoms with E-state index in [1.807, 2.05) is 0 Å². The Morgan fingerprint density at radius 3 is 2.76 bits per heavy atom. The monoisotopic (exact) mass is 465 g/mol. The summed E-state index contributed by atoms with van der Waals surface area (Å²) < 4.78 is 59.6. The maximum atomic E-state index is 13.9. The summed E-state index contributed by atoms with van der Waals surface area (Å²) in [5.41, 5.74) is 6.34. The molecular weight excluding hydrogens is 446 g/mol. The van der Waals surface area contributed by atoms with Crippen LogP contribution in [-0.4, -0.2) is 45.4 Å². The van der Waals surface area contributed by atoms with E-state index >= 15 is 0 Å². The van der Waals surface area contributed by atoms with Crippen molar-refractivity contribution in [2.75, 3.05) is 18.4 Å². The van der Waals surface area contributed by atoms with Gasteiger partial charge in [0.25, 0.3) is 0 Å². The van der Waals surface area contributed by atoms with Gasteiger partial charge in [-0.25, -0.2) is 9.37 Å². The van der Waals surface area contributed by atoms with E-state index in [-0.39, 0.29) is 17.6 Å². The van der Waals surface area contributed by atoms with Gasteiger partial charge in [-0.1, -0.05) is 5.16 Å². The number of aromatic nitrogens is 3. The van der Waals surface area contributed by atoms with E-state index in [1.165, 1.54) is 12.3 Å². The van der Waals surface area contributed by atoms with Crippen molar-refractivity contribution in [2.24, 2.45) is 5.73 Å². The summed E-state index contributed by atoms with van der Waals surface area (Å²) in [6, 6.07) is 6.24. The van der Waals surface area contributed by atoms with Crippen molar-refractivity contribution in [2.45, 2.75) is 25.1 Å². The zero-order chi connectivity index (χ0) is 23.6. The molecular formula is C20H19F4N7O2. The number of hydrogen-bond acceptors (Lipinski definition) is 7. The Kier molecular flexibility index (Phi) is 6.03. The molecule has 0 saturated carbocycles. The molecule has 0 spiro atoms. The van der Waals surface area contributed by atoms with Crippen LogP contribution < -0.4 is 15.8 Å². The van der Waals surface area contributed by atoms with Gasteiger partial charge in [0, 0.05) is 36.6 Å². The first-order valence-corrected chi connectivity index (χ1v) is 9.89. The second-order valence-corrected chi connectivity index (χ2v) is 7.38. The lowest BCUT2D eigenvalue weighted by Crippen LogP contribution is -2.42. The van der Waals surface area contributed by atoms with Crippen LogP contribution in [0.25, 0.3) is 11.4 Å². The molecule has 4 rings (SSSR count). The molecule has 13 heteroatoms. The first kappa shape index (κ1) is 22.3. The van der Waals surface area contributed by atoms with Gasteiger partial charge < -0.3 is 25.2 Å². The van der Waals surface area contributed by atoms with Gasteiger partial charge in [-0.05, 0) is 37.1 Å². The van der Waals surface area contributed by atoms with Crippen LogP contribution in [0.3, 0.4) is 0 Å². The number of benzene rings is 1. The molecule has 3 aromatic rings. The Labute approximate surface area is 185 Å². The summed E-state index contributed by atoms with van der Waals surface area (Å²) in [5, 5.41) is 14.4. The number of nitrogens with one attached hydrogen (secondary N) is 2. The maximum absolute atomic E-state index is 13.9. The van der Waals surface area contributed by atoms with Crippen molar-refractivity contribution in [1.82, 2.24) is 20.0 Å². The van der Waals surface area contributed by atoms with Gasteiger partial charge in [0.05, 0.1) is 5.92 Å². The molecule has 174 valence electrons. The van der Waals surface area contributed by atoms with Gasteiger partial charge in [0.1, 0.15) is 5.82 Å². The normalized spacial score (nSPS) is 16.5. The average molecular weight is 465 g/mol. The highest BCUT2D eigenvalue weighted by Crippen LogP contribution is 2.29. The number of nitrogens with two attached hydrogens (primary N) is 1. The van der Waals surface area contributed by atoms with Crippen molar-refractivity contribution in [1.29, 1.82) is 5.41 Å². The first-order valence-electron chi connectivity index (χ1n) is 9.89. The van der Waals surface area contributed by atoms with E-state index < -0.39 is 17.9 Å². The zero-order valence-corrected chi connectivity index (χ0v) is 17.1. The number of anilines is 2. The molecule has 2 aromatic heterocycles. The third-order valence-electron chi connectivity index (χ3n) is 5.00. The summed E-state index contributed by atoms with van der Waals surface area (Å²) in [4.78, 5) is 10.4. The van der Waals surface area contributed by atoms with Crippen LogP contribution >= 0.6 is 0 Å². The number of ether oxygens (including phenoxy) is 1. The average Bonchev–Trinajstić information content (AvgIpc) is 3.26. The third kappa shape index (κ3) is 5.48. The molecule has 1 saturated heterocycles. The Hall–Kier alpha value is -3.90. The number of piperidine rings is 1. The molecule has 0 radical (unpaired) electrons. The molecule has 33 heavy (non-hydrogen) atoms. The highest BCUT2D eigenvalue weighted by Gasteiger charge is 2.32. The molecule has 1 atom stereocenters. The number of guanidine groups is 1. The van der Waals surface area contributed by atoms with Crippen LogP contribution in [0.4, 0.5) is 29.1 Å². The van der Waals surface area contributed by atoms with Gasteiger partial charge in [-0.2, -0.15) is 4.98 Å². The third-order valence-corrected chi connectivity index (χ3v) is 5.00. The fourth-order valence-corrected chi connectivity index (χ4v) is 3.45. The molecule has 9 nitrogen and oxygen atoms in total. The summed E-state index contributed by atoms with van der Waals surface area (Å²) in [7, 11) is 0. The zero-order valence-electron chi connectivity index (χ0n) is 17.1. The summed E-state index contributed by atoms with van der Waals surface area (Å²) >= 11 is 0. The molecule has 0 aliphatic carbocycles. The van der Waals surface area contributed by atoms with Crippen LogP contribution in [0.15, 0.2) is 41.1 Å². The van der Waals surface area contributed by atoms with Gasteiger partial charge in [0.15, 0.2) is 17.5 Å². The highest BCUT2D eigenvalue weighted by atomic mass is 19.4. The van der Waals surface area contributed by atoms with Crippen LogP contribution in [0.2, 0.25) is 0 Å². The predicted molar refractivity (Wildman–Crippen MR) is 109 cm³/mol.